The molecule has 1 aliphatic heterocycles. The van der Waals surface area contributed by atoms with E-state index in [2.05, 4.69) is 10.2 Å². The molecule has 2 aromatic rings. The van der Waals surface area contributed by atoms with Gasteiger partial charge in [0.15, 0.2) is 9.84 Å². The second kappa shape index (κ2) is 10.2. The van der Waals surface area contributed by atoms with Gasteiger partial charge in [0.05, 0.1) is 10.9 Å². The fraction of sp³-hybridized carbons (Fsp3) is 0.458. The van der Waals surface area contributed by atoms with Gasteiger partial charge in [0.25, 0.3) is 5.91 Å². The summed E-state index contributed by atoms with van der Waals surface area (Å²) in [5.74, 6) is -0.115. The first kappa shape index (κ1) is 22.5. The van der Waals surface area contributed by atoms with E-state index in [-0.39, 0.29) is 16.8 Å². The Morgan fingerprint density at radius 3 is 2.10 bits per heavy atom. The molecule has 1 unspecified atom stereocenters. The highest BCUT2D eigenvalue weighted by molar-refractivity contribution is 7.90. The van der Waals surface area contributed by atoms with Gasteiger partial charge in [-0.3, -0.25) is 9.69 Å². The van der Waals surface area contributed by atoms with Crippen LogP contribution in [0.1, 0.15) is 66.6 Å². The molecule has 3 rings (SSSR count). The third-order valence-electron chi connectivity index (χ3n) is 5.75. The number of hydrogen-bond donors (Lipinski definition) is 1. The monoisotopic (exact) mass is 428 g/mol. The quantitative estimate of drug-likeness (QED) is 0.712. The molecule has 5 nitrogen and oxygen atoms in total. The summed E-state index contributed by atoms with van der Waals surface area (Å²) in [6, 6.07) is 14.4. The Bertz CT molecular complexity index is 929. The van der Waals surface area contributed by atoms with Gasteiger partial charge in [0, 0.05) is 18.4 Å². The average molecular weight is 429 g/mol. The molecule has 0 radical (unpaired) electrons. The van der Waals surface area contributed by atoms with Crippen molar-refractivity contribution in [3.63, 3.8) is 0 Å². The fourth-order valence-electron chi connectivity index (χ4n) is 3.92. The molecule has 1 N–H and O–H groups in total. The lowest BCUT2D eigenvalue weighted by Crippen LogP contribution is -2.28. The summed E-state index contributed by atoms with van der Waals surface area (Å²) >= 11 is 0. The van der Waals surface area contributed by atoms with Gasteiger partial charge in [-0.05, 0) is 67.7 Å². The van der Waals surface area contributed by atoms with Gasteiger partial charge in [0.2, 0.25) is 0 Å². The number of nitrogens with zero attached hydrogens (tertiary/aromatic N) is 1. The molecule has 1 aliphatic rings. The summed E-state index contributed by atoms with van der Waals surface area (Å²) < 4.78 is 23.3. The fourth-order valence-corrected chi connectivity index (χ4v) is 4.55. The Morgan fingerprint density at radius 1 is 0.967 bits per heavy atom. The number of nitrogens with one attached hydrogen (secondary N) is 1. The standard InChI is InChI=1S/C24H32N2O3S/c1-3-23(20-12-14-22(15-13-20)30(2,28)29)25-24(27)21-10-8-19(9-11-21)18-26-16-6-4-5-7-17-26/h8-15,23H,3-7,16-18H2,1-2H3,(H,25,27). The lowest BCUT2D eigenvalue weighted by molar-refractivity contribution is 0.0935. The van der Waals surface area contributed by atoms with E-state index in [1.807, 2.05) is 31.2 Å². The molecular formula is C24H32N2O3S. The molecule has 0 saturated carbocycles. The summed E-state index contributed by atoms with van der Waals surface area (Å²) in [6.07, 6.45) is 7.10. The van der Waals surface area contributed by atoms with Gasteiger partial charge in [0.1, 0.15) is 0 Å². The zero-order valence-corrected chi connectivity index (χ0v) is 18.7. The molecule has 2 aromatic carbocycles. The van der Waals surface area contributed by atoms with E-state index in [0.717, 1.165) is 31.6 Å². The van der Waals surface area contributed by atoms with E-state index in [1.165, 1.54) is 37.5 Å². The van der Waals surface area contributed by atoms with Crippen LogP contribution in [-0.4, -0.2) is 38.6 Å². The molecule has 1 saturated heterocycles. The van der Waals surface area contributed by atoms with Gasteiger partial charge >= 0.3 is 0 Å². The molecule has 1 atom stereocenters. The summed E-state index contributed by atoms with van der Waals surface area (Å²) in [6.45, 7) is 5.24. The number of carbonyl (C=O) groups is 1. The van der Waals surface area contributed by atoms with Gasteiger partial charge in [-0.25, -0.2) is 8.42 Å². The SMILES string of the molecule is CCC(NC(=O)c1ccc(CN2CCCCCC2)cc1)c1ccc(S(C)(=O)=O)cc1. The number of carbonyl (C=O) groups excluding carboxylic acids is 1. The van der Waals surface area contributed by atoms with Crippen LogP contribution >= 0.6 is 0 Å². The maximum atomic E-state index is 12.7. The first-order valence-electron chi connectivity index (χ1n) is 10.8. The highest BCUT2D eigenvalue weighted by Crippen LogP contribution is 2.20. The molecule has 6 heteroatoms. The Labute approximate surface area is 180 Å². The molecule has 162 valence electrons. The number of rotatable bonds is 7. The third-order valence-corrected chi connectivity index (χ3v) is 6.87. The van der Waals surface area contributed by atoms with Crippen molar-refractivity contribution in [2.24, 2.45) is 0 Å². The Balaban J connectivity index is 1.62. The molecule has 1 fully saturated rings. The molecule has 0 aromatic heterocycles. The van der Waals surface area contributed by atoms with E-state index in [0.29, 0.717) is 5.56 Å². The van der Waals surface area contributed by atoms with Crippen molar-refractivity contribution < 1.29 is 13.2 Å². The minimum Gasteiger partial charge on any atom is -0.345 e. The van der Waals surface area contributed by atoms with Crippen LogP contribution < -0.4 is 5.32 Å². The van der Waals surface area contributed by atoms with Gasteiger partial charge in [-0.1, -0.05) is 44.0 Å². The highest BCUT2D eigenvalue weighted by atomic mass is 32.2. The van der Waals surface area contributed by atoms with E-state index < -0.39 is 9.84 Å². The summed E-state index contributed by atoms with van der Waals surface area (Å²) in [5, 5.41) is 3.07. The Morgan fingerprint density at radius 2 is 1.57 bits per heavy atom. The smallest absolute Gasteiger partial charge is 0.251 e. The summed E-state index contributed by atoms with van der Waals surface area (Å²) in [4.78, 5) is 15.5. The molecule has 0 aliphatic carbocycles. The van der Waals surface area contributed by atoms with Crippen LogP contribution in [0.4, 0.5) is 0 Å². The average Bonchev–Trinajstić information content (AvgIpc) is 3.00. The second-order valence-corrected chi connectivity index (χ2v) is 10.2. The van der Waals surface area contributed by atoms with Crippen molar-refractivity contribution in [2.45, 2.75) is 56.5 Å². The van der Waals surface area contributed by atoms with Crippen LogP contribution in [0.3, 0.4) is 0 Å². The van der Waals surface area contributed by atoms with Crippen molar-refractivity contribution in [1.29, 1.82) is 0 Å². The number of sulfone groups is 1. The van der Waals surface area contributed by atoms with E-state index >= 15 is 0 Å². The van der Waals surface area contributed by atoms with Crippen LogP contribution in [0, 0.1) is 0 Å². The van der Waals surface area contributed by atoms with Crippen LogP contribution in [0.5, 0.6) is 0 Å². The van der Waals surface area contributed by atoms with Crippen molar-refractivity contribution in [1.82, 2.24) is 10.2 Å². The zero-order valence-electron chi connectivity index (χ0n) is 17.9. The van der Waals surface area contributed by atoms with Gasteiger partial charge < -0.3 is 5.32 Å². The Hall–Kier alpha value is -2.18. The first-order valence-corrected chi connectivity index (χ1v) is 12.7. The predicted octanol–water partition coefficient (Wildman–Crippen LogP) is 4.35. The second-order valence-electron chi connectivity index (χ2n) is 8.16. The molecule has 1 amide bonds. The Kier molecular flexibility index (Phi) is 7.67. The largest absolute Gasteiger partial charge is 0.345 e. The number of amides is 1. The third kappa shape index (κ3) is 6.16. The summed E-state index contributed by atoms with van der Waals surface area (Å²) in [7, 11) is -3.23. The number of hydrogen-bond acceptors (Lipinski definition) is 4. The first-order chi connectivity index (χ1) is 14.4. The summed E-state index contributed by atoms with van der Waals surface area (Å²) in [5.41, 5.74) is 2.77. The molecule has 30 heavy (non-hydrogen) atoms. The number of likely N-dealkylation sites (tertiary alicyclic amines) is 1. The molecule has 0 spiro atoms. The lowest BCUT2D eigenvalue weighted by Gasteiger charge is -2.20. The minimum atomic E-state index is -3.23. The zero-order chi connectivity index (χ0) is 21.6. The van der Waals surface area contributed by atoms with Crippen LogP contribution in [0.25, 0.3) is 0 Å². The predicted molar refractivity (Wildman–Crippen MR) is 120 cm³/mol. The normalized spacial score (nSPS) is 16.6. The van der Waals surface area contributed by atoms with Crippen LogP contribution in [0.2, 0.25) is 0 Å². The lowest BCUT2D eigenvalue weighted by atomic mass is 10.0. The number of benzene rings is 2. The van der Waals surface area contributed by atoms with Crippen molar-refractivity contribution in [3.05, 3.63) is 65.2 Å². The molecular weight excluding hydrogens is 396 g/mol. The van der Waals surface area contributed by atoms with Crippen LogP contribution in [0.15, 0.2) is 53.4 Å². The van der Waals surface area contributed by atoms with Crippen LogP contribution in [-0.2, 0) is 16.4 Å². The van der Waals surface area contributed by atoms with Crippen molar-refractivity contribution in [2.75, 3.05) is 19.3 Å². The maximum absolute atomic E-state index is 12.7. The van der Waals surface area contributed by atoms with Gasteiger partial charge in [-0.15, -0.1) is 0 Å². The van der Waals surface area contributed by atoms with E-state index in [4.69, 9.17) is 0 Å². The van der Waals surface area contributed by atoms with Crippen molar-refractivity contribution >= 4 is 15.7 Å². The van der Waals surface area contributed by atoms with Gasteiger partial charge in [-0.2, -0.15) is 0 Å². The maximum Gasteiger partial charge on any atom is 0.251 e. The van der Waals surface area contributed by atoms with Crippen molar-refractivity contribution in [3.8, 4) is 0 Å². The topological polar surface area (TPSA) is 66.5 Å². The minimum absolute atomic E-state index is 0.115. The highest BCUT2D eigenvalue weighted by Gasteiger charge is 2.16. The van der Waals surface area contributed by atoms with E-state index in [1.54, 1.807) is 24.3 Å². The molecule has 1 heterocycles. The molecule has 0 bridgehead atoms. The van der Waals surface area contributed by atoms with E-state index in [9.17, 15) is 13.2 Å².